The molecule has 11 nitrogen and oxygen atoms in total. The highest BCUT2D eigenvalue weighted by Crippen LogP contribution is 2.49. The maximum Gasteiger partial charge on any atom is 0.410 e. The monoisotopic (exact) mass is 562 g/mol. The smallest absolute Gasteiger partial charge is 0.410 e. The van der Waals surface area contributed by atoms with E-state index in [-0.39, 0.29) is 35.6 Å². The average Bonchev–Trinajstić information content (AvgIpc) is 3.66. The van der Waals surface area contributed by atoms with Crippen molar-refractivity contribution in [3.63, 3.8) is 0 Å². The molecule has 2 heterocycles. The number of nitro benzene ring substituents is 1. The summed E-state index contributed by atoms with van der Waals surface area (Å²) in [5.74, 6) is 0.256. The minimum Gasteiger partial charge on any atom is -0.497 e. The number of carbonyl (C=O) groups excluding carboxylic acids is 2. The van der Waals surface area contributed by atoms with Gasteiger partial charge in [-0.05, 0) is 70.2 Å². The molecule has 0 spiro atoms. The summed E-state index contributed by atoms with van der Waals surface area (Å²) in [4.78, 5) is 43.4. The summed E-state index contributed by atoms with van der Waals surface area (Å²) >= 11 is 0. The lowest BCUT2D eigenvalue weighted by Crippen LogP contribution is -2.55. The number of nitrogens with one attached hydrogen (secondary N) is 1. The SMILES string of the molecule is COc1cc(C2(NC(=O)c3cc(OC[C@@H]4CCN4C(=O)OC(C)(C)C)c([N+](=O)[O-])cc3C)CC2)c2cccnc2c1. The number of rotatable bonds is 8. The number of aryl methyl sites for hydroxylation is 1. The van der Waals surface area contributed by atoms with E-state index in [1.54, 1.807) is 45.9 Å². The maximum absolute atomic E-state index is 13.6. The summed E-state index contributed by atoms with van der Waals surface area (Å²) in [6.45, 7) is 7.58. The van der Waals surface area contributed by atoms with Crippen LogP contribution in [0.4, 0.5) is 10.5 Å². The Kier molecular flexibility index (Phi) is 7.23. The second-order valence-electron chi connectivity index (χ2n) is 11.6. The van der Waals surface area contributed by atoms with E-state index in [0.29, 0.717) is 24.3 Å². The van der Waals surface area contributed by atoms with Crippen LogP contribution in [-0.2, 0) is 10.3 Å². The predicted octanol–water partition coefficient (Wildman–Crippen LogP) is 5.27. The van der Waals surface area contributed by atoms with E-state index in [4.69, 9.17) is 14.2 Å². The largest absolute Gasteiger partial charge is 0.497 e. The third-order valence-electron chi connectivity index (χ3n) is 7.50. The molecule has 216 valence electrons. The van der Waals surface area contributed by atoms with Crippen molar-refractivity contribution in [1.29, 1.82) is 0 Å². The molecule has 1 aliphatic heterocycles. The number of ether oxygens (including phenoxy) is 3. The molecule has 2 aliphatic rings. The number of carbonyl (C=O) groups is 2. The number of aromatic nitrogens is 1. The minimum absolute atomic E-state index is 0.0253. The number of fused-ring (bicyclic) bond motifs is 1. The van der Waals surface area contributed by atoms with E-state index in [2.05, 4.69) is 10.3 Å². The molecule has 0 bridgehead atoms. The molecule has 2 amide bonds. The molecule has 0 radical (unpaired) electrons. The van der Waals surface area contributed by atoms with E-state index in [1.807, 2.05) is 24.3 Å². The second-order valence-corrected chi connectivity index (χ2v) is 11.6. The average molecular weight is 563 g/mol. The molecule has 1 aromatic heterocycles. The molecule has 0 unspecified atom stereocenters. The summed E-state index contributed by atoms with van der Waals surface area (Å²) in [6, 6.07) is 10.1. The Morgan fingerprint density at radius 1 is 1.22 bits per heavy atom. The number of benzene rings is 2. The van der Waals surface area contributed by atoms with Gasteiger partial charge in [0.15, 0.2) is 5.75 Å². The van der Waals surface area contributed by atoms with Crippen molar-refractivity contribution in [1.82, 2.24) is 15.2 Å². The van der Waals surface area contributed by atoms with Gasteiger partial charge in [-0.15, -0.1) is 0 Å². The van der Waals surface area contributed by atoms with Crippen molar-refractivity contribution in [2.75, 3.05) is 20.3 Å². The molecule has 11 heteroatoms. The number of pyridine rings is 1. The van der Waals surface area contributed by atoms with Crippen LogP contribution in [0.1, 0.15) is 61.5 Å². The van der Waals surface area contributed by atoms with Gasteiger partial charge in [0.25, 0.3) is 5.91 Å². The van der Waals surface area contributed by atoms with Gasteiger partial charge in [-0.2, -0.15) is 0 Å². The van der Waals surface area contributed by atoms with Crippen molar-refractivity contribution in [2.24, 2.45) is 0 Å². The van der Waals surface area contributed by atoms with Crippen molar-refractivity contribution in [3.05, 3.63) is 69.4 Å². The zero-order chi connectivity index (χ0) is 29.5. The minimum atomic E-state index is -0.636. The third-order valence-corrected chi connectivity index (χ3v) is 7.50. The highest BCUT2D eigenvalue weighted by molar-refractivity contribution is 5.98. The molecule has 2 aromatic carbocycles. The lowest BCUT2D eigenvalue weighted by molar-refractivity contribution is -0.386. The first-order chi connectivity index (χ1) is 19.4. The molecular formula is C30H34N4O7. The van der Waals surface area contributed by atoms with Crippen LogP contribution in [0.15, 0.2) is 42.6 Å². The Morgan fingerprint density at radius 3 is 2.59 bits per heavy atom. The number of hydrogen-bond donors (Lipinski definition) is 1. The Labute approximate surface area is 237 Å². The summed E-state index contributed by atoms with van der Waals surface area (Å²) in [5, 5.41) is 15.9. The van der Waals surface area contributed by atoms with Crippen LogP contribution < -0.4 is 14.8 Å². The molecule has 1 atom stereocenters. The fourth-order valence-corrected chi connectivity index (χ4v) is 5.08. The predicted molar refractivity (Wildman–Crippen MR) is 151 cm³/mol. The summed E-state index contributed by atoms with van der Waals surface area (Å²) in [5.41, 5.74) is 0.920. The first-order valence-corrected chi connectivity index (χ1v) is 13.6. The molecule has 3 aromatic rings. The van der Waals surface area contributed by atoms with Gasteiger partial charge in [0, 0.05) is 41.9 Å². The van der Waals surface area contributed by atoms with Crippen LogP contribution in [0.25, 0.3) is 10.9 Å². The van der Waals surface area contributed by atoms with Gasteiger partial charge in [-0.3, -0.25) is 19.9 Å². The fourth-order valence-electron chi connectivity index (χ4n) is 5.08. The van der Waals surface area contributed by atoms with Crippen LogP contribution in [0.2, 0.25) is 0 Å². The summed E-state index contributed by atoms with van der Waals surface area (Å²) in [6.07, 6.45) is 3.40. The number of methoxy groups -OCH3 is 1. The first kappa shape index (κ1) is 28.1. The zero-order valence-electron chi connectivity index (χ0n) is 23.9. The molecular weight excluding hydrogens is 528 g/mol. The lowest BCUT2D eigenvalue weighted by Gasteiger charge is -2.40. The lowest BCUT2D eigenvalue weighted by atomic mass is 9.97. The van der Waals surface area contributed by atoms with Crippen molar-refractivity contribution in [2.45, 2.75) is 64.1 Å². The number of nitrogens with zero attached hydrogens (tertiary/aromatic N) is 3. The third kappa shape index (κ3) is 5.75. The molecule has 1 saturated carbocycles. The fraction of sp³-hybridized carbons (Fsp3) is 0.433. The van der Waals surface area contributed by atoms with Gasteiger partial charge in [0.2, 0.25) is 0 Å². The van der Waals surface area contributed by atoms with Gasteiger partial charge in [0.1, 0.15) is 18.0 Å². The van der Waals surface area contributed by atoms with Gasteiger partial charge in [0.05, 0.1) is 29.1 Å². The Balaban J connectivity index is 1.38. The van der Waals surface area contributed by atoms with Gasteiger partial charge in [-0.25, -0.2) is 4.79 Å². The zero-order valence-corrected chi connectivity index (χ0v) is 23.9. The number of hydrogen-bond acceptors (Lipinski definition) is 8. The highest BCUT2D eigenvalue weighted by Gasteiger charge is 2.47. The maximum atomic E-state index is 13.6. The van der Waals surface area contributed by atoms with E-state index in [1.165, 1.54) is 12.1 Å². The van der Waals surface area contributed by atoms with Crippen molar-refractivity contribution >= 4 is 28.6 Å². The number of nitro groups is 1. The quantitative estimate of drug-likeness (QED) is 0.290. The van der Waals surface area contributed by atoms with Gasteiger partial charge < -0.3 is 24.4 Å². The van der Waals surface area contributed by atoms with Gasteiger partial charge in [-0.1, -0.05) is 6.07 Å². The summed E-state index contributed by atoms with van der Waals surface area (Å²) in [7, 11) is 1.59. The van der Waals surface area contributed by atoms with E-state index >= 15 is 0 Å². The molecule has 1 aliphatic carbocycles. The molecule has 5 rings (SSSR count). The number of likely N-dealkylation sites (tertiary alicyclic amines) is 1. The van der Waals surface area contributed by atoms with E-state index in [0.717, 1.165) is 29.3 Å². The van der Waals surface area contributed by atoms with E-state index in [9.17, 15) is 19.7 Å². The van der Waals surface area contributed by atoms with Gasteiger partial charge >= 0.3 is 11.8 Å². The molecule has 2 fully saturated rings. The first-order valence-electron chi connectivity index (χ1n) is 13.6. The highest BCUT2D eigenvalue weighted by atomic mass is 16.6. The van der Waals surface area contributed by atoms with Crippen LogP contribution in [0.5, 0.6) is 11.5 Å². The van der Waals surface area contributed by atoms with Crippen LogP contribution in [-0.4, -0.2) is 58.7 Å². The molecule has 41 heavy (non-hydrogen) atoms. The van der Waals surface area contributed by atoms with Crippen molar-refractivity contribution < 1.29 is 28.7 Å². The van der Waals surface area contributed by atoms with Crippen molar-refractivity contribution in [3.8, 4) is 11.5 Å². The standard InChI is InChI=1S/C30H34N4O7/c1-18-13-25(34(37)38)26(40-17-19-8-12-33(19)28(36)41-29(2,3)4)16-22(18)27(35)32-30(9-10-30)23-14-20(39-5)15-24-21(23)7-6-11-31-24/h6-7,11,13-16,19H,8-10,12,17H2,1-5H3,(H,32,35)/t19-/m0/s1. The normalized spacial score (nSPS) is 17.4. The number of amides is 2. The van der Waals surface area contributed by atoms with Crippen LogP contribution in [0, 0.1) is 17.0 Å². The Hall–Kier alpha value is -4.41. The molecule has 1 saturated heterocycles. The Bertz CT molecular complexity index is 1530. The van der Waals surface area contributed by atoms with Crippen LogP contribution in [0.3, 0.4) is 0 Å². The van der Waals surface area contributed by atoms with E-state index < -0.39 is 22.2 Å². The Morgan fingerprint density at radius 2 is 1.98 bits per heavy atom. The topological polar surface area (TPSA) is 133 Å². The van der Waals surface area contributed by atoms with Crippen LogP contribution >= 0.6 is 0 Å². The summed E-state index contributed by atoms with van der Waals surface area (Å²) < 4.78 is 16.8. The second kappa shape index (κ2) is 10.5. The molecule has 1 N–H and O–H groups in total.